The van der Waals surface area contributed by atoms with E-state index in [4.69, 9.17) is 4.42 Å². The zero-order chi connectivity index (χ0) is 20.0. The fourth-order valence-electron chi connectivity index (χ4n) is 3.65. The van der Waals surface area contributed by atoms with Gasteiger partial charge in [0.2, 0.25) is 10.0 Å². The maximum atomic E-state index is 13.7. The number of furan rings is 1. The third kappa shape index (κ3) is 3.83. The fourth-order valence-corrected chi connectivity index (χ4v) is 7.68. The molecule has 2 aromatic rings. The Balaban J connectivity index is 2.14. The van der Waals surface area contributed by atoms with Crippen LogP contribution in [0, 0.1) is 27.7 Å². The van der Waals surface area contributed by atoms with E-state index in [2.05, 4.69) is 0 Å². The molecular weight excluding hydrogens is 386 g/mol. The van der Waals surface area contributed by atoms with Crippen LogP contribution in [0.4, 0.5) is 0 Å². The van der Waals surface area contributed by atoms with Crippen LogP contribution in [0.5, 0.6) is 0 Å². The maximum Gasteiger partial charge on any atom is 0.244 e. The number of aryl methyl sites for hydroxylation is 2. The largest absolute Gasteiger partial charge is 0.468 e. The van der Waals surface area contributed by atoms with Crippen LogP contribution in [0.2, 0.25) is 0 Å². The summed E-state index contributed by atoms with van der Waals surface area (Å²) in [4.78, 5) is 0.274. The molecule has 3 rings (SSSR count). The van der Waals surface area contributed by atoms with Gasteiger partial charge in [0.25, 0.3) is 0 Å². The van der Waals surface area contributed by atoms with E-state index in [0.29, 0.717) is 23.3 Å². The van der Waals surface area contributed by atoms with Gasteiger partial charge >= 0.3 is 0 Å². The van der Waals surface area contributed by atoms with Crippen LogP contribution in [-0.2, 0) is 26.4 Å². The van der Waals surface area contributed by atoms with Crippen molar-refractivity contribution in [2.75, 3.05) is 11.5 Å². The second-order valence-corrected chi connectivity index (χ2v) is 11.3. The molecule has 1 atom stereocenters. The second kappa shape index (κ2) is 7.07. The molecule has 0 aliphatic carbocycles. The summed E-state index contributed by atoms with van der Waals surface area (Å²) in [6.07, 6.45) is 1.78. The highest BCUT2D eigenvalue weighted by atomic mass is 32.2. The van der Waals surface area contributed by atoms with Crippen LogP contribution in [0.3, 0.4) is 0 Å². The minimum atomic E-state index is -3.91. The van der Waals surface area contributed by atoms with Crippen molar-refractivity contribution >= 4 is 19.9 Å². The third-order valence-corrected chi connectivity index (χ3v) is 9.29. The molecule has 1 aromatic heterocycles. The van der Waals surface area contributed by atoms with Crippen LogP contribution >= 0.6 is 0 Å². The lowest BCUT2D eigenvalue weighted by Crippen LogP contribution is -2.41. The van der Waals surface area contributed by atoms with E-state index in [1.54, 1.807) is 26.0 Å². The first-order chi connectivity index (χ1) is 12.5. The monoisotopic (exact) mass is 411 g/mol. The predicted molar refractivity (Wildman–Crippen MR) is 104 cm³/mol. The fraction of sp³-hybridized carbons (Fsp3) is 0.474. The molecule has 1 aliphatic rings. The SMILES string of the molecule is Cc1cc(C)c(C)c(S(=O)(=O)N(Cc2ccco2)[C@@H]2CCS(=O)(=O)C2)c1C. The molecule has 0 unspecified atom stereocenters. The van der Waals surface area contributed by atoms with Crippen molar-refractivity contribution in [2.45, 2.75) is 51.6 Å². The van der Waals surface area contributed by atoms with Crippen LogP contribution in [0.15, 0.2) is 33.8 Å². The van der Waals surface area contributed by atoms with Crippen LogP contribution in [0.1, 0.15) is 34.4 Å². The van der Waals surface area contributed by atoms with E-state index >= 15 is 0 Å². The van der Waals surface area contributed by atoms with Crippen molar-refractivity contribution in [3.05, 3.63) is 52.5 Å². The molecule has 0 bridgehead atoms. The molecule has 0 saturated carbocycles. The Bertz CT molecular complexity index is 1030. The lowest BCUT2D eigenvalue weighted by Gasteiger charge is -2.29. The number of sulfonamides is 1. The third-order valence-electron chi connectivity index (χ3n) is 5.37. The molecule has 8 heteroatoms. The molecule has 0 amide bonds. The van der Waals surface area contributed by atoms with Gasteiger partial charge in [-0.2, -0.15) is 4.31 Å². The molecule has 0 radical (unpaired) electrons. The van der Waals surface area contributed by atoms with Crippen molar-refractivity contribution in [3.8, 4) is 0 Å². The number of hydrogen-bond acceptors (Lipinski definition) is 5. The molecule has 1 fully saturated rings. The summed E-state index contributed by atoms with van der Waals surface area (Å²) in [5.74, 6) is 0.338. The second-order valence-electron chi connectivity index (χ2n) is 7.28. The summed E-state index contributed by atoms with van der Waals surface area (Å²) in [5, 5.41) is 0. The highest BCUT2D eigenvalue weighted by Crippen LogP contribution is 2.33. The Morgan fingerprint density at radius 2 is 1.78 bits per heavy atom. The Hall–Kier alpha value is -1.64. The van der Waals surface area contributed by atoms with Crippen molar-refractivity contribution in [3.63, 3.8) is 0 Å². The molecule has 0 spiro atoms. The van der Waals surface area contributed by atoms with Gasteiger partial charge in [-0.15, -0.1) is 0 Å². The van der Waals surface area contributed by atoms with Gasteiger partial charge in [-0.25, -0.2) is 16.8 Å². The van der Waals surface area contributed by atoms with E-state index in [9.17, 15) is 16.8 Å². The molecule has 27 heavy (non-hydrogen) atoms. The summed E-state index contributed by atoms with van der Waals surface area (Å²) < 4.78 is 58.1. The number of benzene rings is 1. The van der Waals surface area contributed by atoms with Crippen molar-refractivity contribution in [1.82, 2.24) is 4.31 Å². The Morgan fingerprint density at radius 3 is 2.26 bits per heavy atom. The minimum Gasteiger partial charge on any atom is -0.468 e. The van der Waals surface area contributed by atoms with E-state index in [1.165, 1.54) is 10.6 Å². The lowest BCUT2D eigenvalue weighted by atomic mass is 10.0. The number of sulfone groups is 1. The first kappa shape index (κ1) is 20.1. The summed E-state index contributed by atoms with van der Waals surface area (Å²) in [6.45, 7) is 7.38. The molecule has 1 aliphatic heterocycles. The van der Waals surface area contributed by atoms with Crippen molar-refractivity contribution in [1.29, 1.82) is 0 Å². The Kier molecular flexibility index (Phi) is 5.26. The minimum absolute atomic E-state index is 0.00660. The van der Waals surface area contributed by atoms with Crippen LogP contribution < -0.4 is 0 Å². The maximum absolute atomic E-state index is 13.7. The summed E-state index contributed by atoms with van der Waals surface area (Å²) in [6, 6.07) is 4.77. The van der Waals surface area contributed by atoms with Gasteiger partial charge < -0.3 is 4.42 Å². The highest BCUT2D eigenvalue weighted by molar-refractivity contribution is 7.92. The Labute approximate surface area is 161 Å². The molecule has 1 aromatic carbocycles. The zero-order valence-corrected chi connectivity index (χ0v) is 17.7. The number of hydrogen-bond donors (Lipinski definition) is 0. The number of nitrogens with zero attached hydrogens (tertiary/aromatic N) is 1. The summed E-state index contributed by atoms with van der Waals surface area (Å²) in [5.41, 5.74) is 3.19. The average Bonchev–Trinajstić information content (AvgIpc) is 3.19. The van der Waals surface area contributed by atoms with Gasteiger partial charge in [0.1, 0.15) is 5.76 Å². The van der Waals surface area contributed by atoms with E-state index < -0.39 is 25.9 Å². The van der Waals surface area contributed by atoms with Gasteiger partial charge in [0.05, 0.1) is 29.2 Å². The molecule has 148 valence electrons. The molecule has 0 N–H and O–H groups in total. The van der Waals surface area contributed by atoms with Gasteiger partial charge in [0, 0.05) is 6.04 Å². The van der Waals surface area contributed by atoms with Gasteiger partial charge in [-0.1, -0.05) is 6.07 Å². The Morgan fingerprint density at radius 1 is 1.15 bits per heavy atom. The highest BCUT2D eigenvalue weighted by Gasteiger charge is 2.40. The first-order valence-electron chi connectivity index (χ1n) is 8.85. The standard InChI is InChI=1S/C19H25NO5S2/c1-13-10-14(2)16(4)19(15(13)3)27(23,24)20(11-18-6-5-8-25-18)17-7-9-26(21,22)12-17/h5-6,8,10,17H,7,9,11-12H2,1-4H3/t17-/m1/s1. The average molecular weight is 412 g/mol. The smallest absolute Gasteiger partial charge is 0.244 e. The summed E-state index contributed by atoms with van der Waals surface area (Å²) >= 11 is 0. The van der Waals surface area contributed by atoms with E-state index in [-0.39, 0.29) is 22.9 Å². The van der Waals surface area contributed by atoms with Crippen molar-refractivity contribution in [2.24, 2.45) is 0 Å². The van der Waals surface area contributed by atoms with E-state index in [0.717, 1.165) is 11.1 Å². The van der Waals surface area contributed by atoms with Crippen molar-refractivity contribution < 1.29 is 21.3 Å². The van der Waals surface area contributed by atoms with Crippen LogP contribution in [0.25, 0.3) is 0 Å². The molecule has 1 saturated heterocycles. The van der Waals surface area contributed by atoms with Gasteiger partial charge in [-0.05, 0) is 68.5 Å². The number of rotatable bonds is 5. The molecule has 6 nitrogen and oxygen atoms in total. The lowest BCUT2D eigenvalue weighted by molar-refractivity contribution is 0.306. The topological polar surface area (TPSA) is 84.7 Å². The normalized spacial score (nSPS) is 19.7. The van der Waals surface area contributed by atoms with E-state index in [1.807, 2.05) is 19.9 Å². The first-order valence-corrected chi connectivity index (χ1v) is 12.1. The predicted octanol–water partition coefficient (Wildman–Crippen LogP) is 2.89. The quantitative estimate of drug-likeness (QED) is 0.755. The van der Waals surface area contributed by atoms with Crippen LogP contribution in [-0.4, -0.2) is 38.7 Å². The zero-order valence-electron chi connectivity index (χ0n) is 16.0. The van der Waals surface area contributed by atoms with Gasteiger partial charge in [-0.3, -0.25) is 0 Å². The van der Waals surface area contributed by atoms with Gasteiger partial charge in [0.15, 0.2) is 9.84 Å². The molecule has 2 heterocycles. The summed E-state index contributed by atoms with van der Waals surface area (Å²) in [7, 11) is -7.14. The molecular formula is C19H25NO5S2.